The van der Waals surface area contributed by atoms with Gasteiger partial charge in [0.15, 0.2) is 0 Å². The van der Waals surface area contributed by atoms with Crippen LogP contribution in [-0.2, 0) is 33.5 Å². The Hall–Kier alpha value is -3.07. The third-order valence-electron chi connectivity index (χ3n) is 6.31. The number of anilines is 1. The van der Waals surface area contributed by atoms with E-state index >= 15 is 0 Å². The van der Waals surface area contributed by atoms with E-state index in [-0.39, 0.29) is 12.5 Å². The van der Waals surface area contributed by atoms with E-state index in [2.05, 4.69) is 0 Å². The van der Waals surface area contributed by atoms with Crippen LogP contribution in [0.4, 0.5) is 18.9 Å². The Morgan fingerprint density at radius 3 is 2.36 bits per heavy atom. The molecule has 1 atom stereocenters. The van der Waals surface area contributed by atoms with Crippen molar-refractivity contribution < 1.29 is 27.5 Å². The van der Waals surface area contributed by atoms with Gasteiger partial charge in [-0.25, -0.2) is 4.79 Å². The Morgan fingerprint density at radius 1 is 1.00 bits per heavy atom. The van der Waals surface area contributed by atoms with Crippen LogP contribution in [0.2, 0.25) is 0 Å². The summed E-state index contributed by atoms with van der Waals surface area (Å²) in [5.41, 5.74) is 1.90. The molecule has 2 aliphatic rings. The number of halogens is 3. The quantitative estimate of drug-likeness (QED) is 0.656. The molecule has 0 radical (unpaired) electrons. The minimum atomic E-state index is -4.38. The van der Waals surface area contributed by atoms with Crippen molar-refractivity contribution in [3.63, 3.8) is 0 Å². The van der Waals surface area contributed by atoms with Crippen LogP contribution in [0, 0.1) is 0 Å². The molecule has 2 aliphatic heterocycles. The summed E-state index contributed by atoms with van der Waals surface area (Å²) in [7, 11) is 1.32. The molecule has 0 aromatic heterocycles. The maximum absolute atomic E-state index is 13.2. The molecule has 1 saturated heterocycles. The van der Waals surface area contributed by atoms with Crippen LogP contribution in [0.25, 0.3) is 0 Å². The smallest absolute Gasteiger partial charge is 0.416 e. The third kappa shape index (κ3) is 5.13. The zero-order valence-corrected chi connectivity index (χ0v) is 18.3. The number of benzene rings is 2. The second kappa shape index (κ2) is 9.43. The molecule has 0 N–H and O–H groups in total. The molecule has 4 rings (SSSR count). The zero-order chi connectivity index (χ0) is 23.6. The average molecular weight is 461 g/mol. The summed E-state index contributed by atoms with van der Waals surface area (Å²) in [4.78, 5) is 31.0. The van der Waals surface area contributed by atoms with E-state index in [4.69, 9.17) is 4.74 Å². The van der Waals surface area contributed by atoms with Crippen LogP contribution in [0.15, 0.2) is 48.5 Å². The standard InChI is InChI=1S/C24H26F3N3O3/c1-33-23(32)21-13-17-5-2-3-6-18(17)15-30(21)22(31)16-28-9-11-29(12-10-28)20-8-4-7-19(14-20)24(25,26)27/h2-8,14,21H,9-13,15-16H2,1H3. The molecule has 1 fully saturated rings. The largest absolute Gasteiger partial charge is 0.467 e. The minimum absolute atomic E-state index is 0.145. The molecule has 2 aromatic carbocycles. The van der Waals surface area contributed by atoms with Gasteiger partial charge < -0.3 is 14.5 Å². The Bertz CT molecular complexity index is 1020. The number of ether oxygens (including phenoxy) is 1. The predicted molar refractivity (Wildman–Crippen MR) is 117 cm³/mol. The molecule has 0 aliphatic carbocycles. The highest BCUT2D eigenvalue weighted by atomic mass is 19.4. The molecule has 1 amide bonds. The normalized spacial score (nSPS) is 19.2. The molecular weight excluding hydrogens is 435 g/mol. The first-order valence-corrected chi connectivity index (χ1v) is 10.8. The van der Waals surface area contributed by atoms with Crippen molar-refractivity contribution in [2.24, 2.45) is 0 Å². The summed E-state index contributed by atoms with van der Waals surface area (Å²) in [6.07, 6.45) is -3.97. The summed E-state index contributed by atoms with van der Waals surface area (Å²) >= 11 is 0. The number of methoxy groups -OCH3 is 1. The molecule has 0 bridgehead atoms. The van der Waals surface area contributed by atoms with Gasteiger partial charge in [-0.15, -0.1) is 0 Å². The molecule has 0 spiro atoms. The van der Waals surface area contributed by atoms with Crippen molar-refractivity contribution in [2.75, 3.05) is 44.7 Å². The number of esters is 1. The first kappa shape index (κ1) is 23.1. The fourth-order valence-corrected chi connectivity index (χ4v) is 4.46. The molecule has 2 heterocycles. The van der Waals surface area contributed by atoms with Crippen molar-refractivity contribution in [2.45, 2.75) is 25.2 Å². The Morgan fingerprint density at radius 2 is 1.70 bits per heavy atom. The van der Waals surface area contributed by atoms with Gasteiger partial charge in [0, 0.05) is 44.8 Å². The Labute approximate surface area is 190 Å². The van der Waals surface area contributed by atoms with Gasteiger partial charge in [0.25, 0.3) is 0 Å². The van der Waals surface area contributed by atoms with Gasteiger partial charge in [-0.05, 0) is 29.3 Å². The van der Waals surface area contributed by atoms with E-state index in [0.717, 1.165) is 23.3 Å². The SMILES string of the molecule is COC(=O)C1Cc2ccccc2CN1C(=O)CN1CCN(c2cccc(C(F)(F)F)c2)CC1. The molecule has 33 heavy (non-hydrogen) atoms. The van der Waals surface area contributed by atoms with Crippen LogP contribution in [-0.4, -0.2) is 67.6 Å². The maximum atomic E-state index is 13.2. The van der Waals surface area contributed by atoms with Gasteiger partial charge in [0.05, 0.1) is 19.2 Å². The van der Waals surface area contributed by atoms with Gasteiger partial charge in [0.1, 0.15) is 6.04 Å². The Balaban J connectivity index is 1.39. The molecule has 9 heteroatoms. The van der Waals surface area contributed by atoms with Crippen LogP contribution in [0.3, 0.4) is 0 Å². The van der Waals surface area contributed by atoms with Crippen molar-refractivity contribution in [1.82, 2.24) is 9.80 Å². The highest BCUT2D eigenvalue weighted by Crippen LogP contribution is 2.32. The number of hydrogen-bond donors (Lipinski definition) is 0. The van der Waals surface area contributed by atoms with Crippen molar-refractivity contribution >= 4 is 17.6 Å². The second-order valence-corrected chi connectivity index (χ2v) is 8.34. The summed E-state index contributed by atoms with van der Waals surface area (Å²) < 4.78 is 44.0. The van der Waals surface area contributed by atoms with Gasteiger partial charge in [-0.1, -0.05) is 30.3 Å². The highest BCUT2D eigenvalue weighted by molar-refractivity contribution is 5.86. The monoisotopic (exact) mass is 461 g/mol. The lowest BCUT2D eigenvalue weighted by Crippen LogP contribution is -2.54. The number of fused-ring (bicyclic) bond motifs is 1. The summed E-state index contributed by atoms with van der Waals surface area (Å²) in [6.45, 7) is 2.59. The topological polar surface area (TPSA) is 53.1 Å². The van der Waals surface area contributed by atoms with Gasteiger partial charge >= 0.3 is 12.1 Å². The molecule has 6 nitrogen and oxygen atoms in total. The third-order valence-corrected chi connectivity index (χ3v) is 6.31. The number of rotatable bonds is 4. The van der Waals surface area contributed by atoms with Crippen LogP contribution in [0.5, 0.6) is 0 Å². The van der Waals surface area contributed by atoms with E-state index in [1.165, 1.54) is 13.2 Å². The lowest BCUT2D eigenvalue weighted by molar-refractivity contribution is -0.154. The fraction of sp³-hybridized carbons (Fsp3) is 0.417. The number of amides is 1. The van der Waals surface area contributed by atoms with E-state index in [9.17, 15) is 22.8 Å². The predicted octanol–water partition coefficient (Wildman–Crippen LogP) is 2.95. The van der Waals surface area contributed by atoms with Crippen molar-refractivity contribution in [3.8, 4) is 0 Å². The number of alkyl halides is 3. The summed E-state index contributed by atoms with van der Waals surface area (Å²) in [6, 6.07) is 12.4. The van der Waals surface area contributed by atoms with Crippen molar-refractivity contribution in [3.05, 3.63) is 65.2 Å². The Kier molecular flexibility index (Phi) is 6.60. The number of hydrogen-bond acceptors (Lipinski definition) is 5. The van der Waals surface area contributed by atoms with Gasteiger partial charge in [-0.2, -0.15) is 13.2 Å². The van der Waals surface area contributed by atoms with E-state index in [1.54, 1.807) is 11.0 Å². The minimum Gasteiger partial charge on any atom is -0.467 e. The fourth-order valence-electron chi connectivity index (χ4n) is 4.46. The van der Waals surface area contributed by atoms with Crippen LogP contribution in [0.1, 0.15) is 16.7 Å². The number of carbonyl (C=O) groups excluding carboxylic acids is 2. The molecule has 176 valence electrons. The zero-order valence-electron chi connectivity index (χ0n) is 18.3. The summed E-state index contributed by atoms with van der Waals surface area (Å²) in [5, 5.41) is 0. The van der Waals surface area contributed by atoms with E-state index in [1.807, 2.05) is 34.1 Å². The molecule has 2 aromatic rings. The number of piperazine rings is 1. The molecular formula is C24H26F3N3O3. The van der Waals surface area contributed by atoms with Gasteiger partial charge in [-0.3, -0.25) is 9.69 Å². The number of nitrogens with zero attached hydrogens (tertiary/aromatic N) is 3. The number of carbonyl (C=O) groups is 2. The first-order chi connectivity index (χ1) is 15.8. The lowest BCUT2D eigenvalue weighted by Gasteiger charge is -2.39. The first-order valence-electron chi connectivity index (χ1n) is 10.8. The van der Waals surface area contributed by atoms with Gasteiger partial charge in [0.2, 0.25) is 5.91 Å². The average Bonchev–Trinajstić information content (AvgIpc) is 2.82. The molecule has 1 unspecified atom stereocenters. The maximum Gasteiger partial charge on any atom is 0.416 e. The van der Waals surface area contributed by atoms with Crippen LogP contribution < -0.4 is 4.90 Å². The lowest BCUT2D eigenvalue weighted by atomic mass is 9.94. The van der Waals surface area contributed by atoms with E-state index < -0.39 is 23.8 Å². The van der Waals surface area contributed by atoms with E-state index in [0.29, 0.717) is 44.8 Å². The van der Waals surface area contributed by atoms with Crippen LogP contribution >= 0.6 is 0 Å². The highest BCUT2D eigenvalue weighted by Gasteiger charge is 2.36. The molecule has 0 saturated carbocycles. The summed E-state index contributed by atoms with van der Waals surface area (Å²) in [5.74, 6) is -0.598. The van der Waals surface area contributed by atoms with Crippen molar-refractivity contribution in [1.29, 1.82) is 0 Å². The second-order valence-electron chi connectivity index (χ2n) is 8.34.